The molecular formula is C14H22N2O3. The van der Waals surface area contributed by atoms with Crippen molar-refractivity contribution in [3.63, 3.8) is 0 Å². The molecule has 1 aromatic rings. The van der Waals surface area contributed by atoms with E-state index in [1.54, 1.807) is 19.2 Å². The van der Waals surface area contributed by atoms with Crippen molar-refractivity contribution in [3.8, 4) is 0 Å². The van der Waals surface area contributed by atoms with Crippen LogP contribution in [0.2, 0.25) is 0 Å². The molecule has 0 aliphatic carbocycles. The van der Waals surface area contributed by atoms with Gasteiger partial charge >= 0.3 is 5.97 Å². The van der Waals surface area contributed by atoms with Gasteiger partial charge in [0.15, 0.2) is 0 Å². The molecule has 0 heterocycles. The number of esters is 1. The number of carbonyl (C=O) groups excluding carboxylic acids is 1. The molecule has 0 fully saturated rings. The number of rotatable bonds is 8. The van der Waals surface area contributed by atoms with Crippen LogP contribution in [0.3, 0.4) is 0 Å². The van der Waals surface area contributed by atoms with Gasteiger partial charge in [0.05, 0.1) is 19.3 Å². The van der Waals surface area contributed by atoms with Gasteiger partial charge in [-0.3, -0.25) is 0 Å². The van der Waals surface area contributed by atoms with Gasteiger partial charge < -0.3 is 20.5 Å². The summed E-state index contributed by atoms with van der Waals surface area (Å²) < 4.78 is 9.88. The minimum atomic E-state index is -0.339. The first-order valence-corrected chi connectivity index (χ1v) is 6.35. The van der Waals surface area contributed by atoms with Gasteiger partial charge in [-0.15, -0.1) is 0 Å². The zero-order valence-corrected chi connectivity index (χ0v) is 11.5. The van der Waals surface area contributed by atoms with Crippen LogP contribution in [0.25, 0.3) is 0 Å². The molecule has 19 heavy (non-hydrogen) atoms. The van der Waals surface area contributed by atoms with Crippen LogP contribution in [-0.2, 0) is 9.47 Å². The van der Waals surface area contributed by atoms with E-state index < -0.39 is 0 Å². The van der Waals surface area contributed by atoms with E-state index in [0.717, 1.165) is 18.5 Å². The lowest BCUT2D eigenvalue weighted by molar-refractivity contribution is 0.0601. The topological polar surface area (TPSA) is 73.6 Å². The molecule has 0 aliphatic rings. The van der Waals surface area contributed by atoms with Crippen LogP contribution in [0, 0.1) is 0 Å². The lowest BCUT2D eigenvalue weighted by atomic mass is 10.1. The van der Waals surface area contributed by atoms with Crippen LogP contribution in [0.1, 0.15) is 23.2 Å². The number of methoxy groups -OCH3 is 2. The van der Waals surface area contributed by atoms with Crippen LogP contribution >= 0.6 is 0 Å². The highest BCUT2D eigenvalue weighted by atomic mass is 16.5. The minimum absolute atomic E-state index is 0.182. The molecule has 1 rings (SSSR count). The number of hydrogen-bond acceptors (Lipinski definition) is 5. The summed E-state index contributed by atoms with van der Waals surface area (Å²) in [5, 5.41) is 3.35. The molecule has 0 amide bonds. The van der Waals surface area contributed by atoms with Crippen molar-refractivity contribution in [3.05, 3.63) is 29.8 Å². The van der Waals surface area contributed by atoms with E-state index in [9.17, 15) is 4.79 Å². The summed E-state index contributed by atoms with van der Waals surface area (Å²) >= 11 is 0. The minimum Gasteiger partial charge on any atom is -0.465 e. The van der Waals surface area contributed by atoms with Gasteiger partial charge in [0.25, 0.3) is 0 Å². The maximum atomic E-state index is 11.5. The first kappa shape index (κ1) is 15.5. The van der Waals surface area contributed by atoms with Crippen molar-refractivity contribution in [1.82, 2.24) is 0 Å². The molecule has 0 bridgehead atoms. The quantitative estimate of drug-likeness (QED) is 0.700. The molecule has 0 saturated carbocycles. The molecule has 0 aliphatic heterocycles. The molecule has 0 spiro atoms. The highest BCUT2D eigenvalue weighted by Crippen LogP contribution is 2.14. The van der Waals surface area contributed by atoms with Gasteiger partial charge in [-0.05, 0) is 37.6 Å². The van der Waals surface area contributed by atoms with Gasteiger partial charge in [0.1, 0.15) is 0 Å². The van der Waals surface area contributed by atoms with E-state index in [-0.39, 0.29) is 12.0 Å². The van der Waals surface area contributed by atoms with Crippen molar-refractivity contribution in [1.29, 1.82) is 0 Å². The second kappa shape index (κ2) is 8.50. The molecule has 1 atom stereocenters. The van der Waals surface area contributed by atoms with Gasteiger partial charge in [0.2, 0.25) is 0 Å². The number of nitrogens with one attached hydrogen (secondary N) is 1. The molecule has 1 aromatic carbocycles. The number of ether oxygens (including phenoxy) is 2. The summed E-state index contributed by atoms with van der Waals surface area (Å²) in [6.07, 6.45) is 1.85. The van der Waals surface area contributed by atoms with E-state index in [2.05, 4.69) is 5.32 Å². The maximum Gasteiger partial charge on any atom is 0.337 e. The van der Waals surface area contributed by atoms with Crippen molar-refractivity contribution < 1.29 is 14.3 Å². The number of benzene rings is 1. The van der Waals surface area contributed by atoms with Gasteiger partial charge in [-0.1, -0.05) is 6.07 Å². The first-order valence-electron chi connectivity index (χ1n) is 6.35. The molecule has 5 heteroatoms. The molecule has 1 unspecified atom stereocenters. The largest absolute Gasteiger partial charge is 0.465 e. The standard InChI is InChI=1S/C14H22N2O3/c1-18-10-13(7-4-8-15)16-12-6-3-5-11(9-12)14(17)19-2/h3,5-6,9,13,16H,4,7-8,10,15H2,1-2H3. The number of carbonyl (C=O) groups is 1. The molecule has 0 aromatic heterocycles. The number of hydrogen-bond donors (Lipinski definition) is 2. The van der Waals surface area contributed by atoms with E-state index >= 15 is 0 Å². The van der Waals surface area contributed by atoms with E-state index in [1.807, 2.05) is 12.1 Å². The average Bonchev–Trinajstić information content (AvgIpc) is 2.44. The zero-order valence-electron chi connectivity index (χ0n) is 11.5. The summed E-state index contributed by atoms with van der Waals surface area (Å²) in [6.45, 7) is 1.26. The van der Waals surface area contributed by atoms with Crippen LogP contribution in [0.5, 0.6) is 0 Å². The molecule has 3 N–H and O–H groups in total. The zero-order chi connectivity index (χ0) is 14.1. The summed E-state index contributed by atoms with van der Waals surface area (Å²) in [5.74, 6) is -0.339. The fraction of sp³-hybridized carbons (Fsp3) is 0.500. The Morgan fingerprint density at radius 3 is 2.84 bits per heavy atom. The predicted octanol–water partition coefficient (Wildman–Crippen LogP) is 1.64. The third-order valence-electron chi connectivity index (χ3n) is 2.78. The SMILES string of the molecule is COCC(CCCN)Nc1cccc(C(=O)OC)c1. The highest BCUT2D eigenvalue weighted by Gasteiger charge is 2.10. The van der Waals surface area contributed by atoms with Crippen molar-refractivity contribution >= 4 is 11.7 Å². The van der Waals surface area contributed by atoms with Crippen LogP contribution in [0.15, 0.2) is 24.3 Å². The first-order chi connectivity index (χ1) is 9.21. The fourth-order valence-corrected chi connectivity index (χ4v) is 1.85. The van der Waals surface area contributed by atoms with E-state index in [4.69, 9.17) is 15.2 Å². The second-order valence-electron chi connectivity index (χ2n) is 4.30. The van der Waals surface area contributed by atoms with Crippen LogP contribution in [0.4, 0.5) is 5.69 Å². The number of anilines is 1. The van der Waals surface area contributed by atoms with Crippen molar-refractivity contribution in [2.75, 3.05) is 32.7 Å². The summed E-state index contributed by atoms with van der Waals surface area (Å²) in [4.78, 5) is 11.5. The Bertz CT molecular complexity index is 396. The lowest BCUT2D eigenvalue weighted by Gasteiger charge is -2.19. The van der Waals surface area contributed by atoms with Crippen molar-refractivity contribution in [2.24, 2.45) is 5.73 Å². The molecule has 0 radical (unpaired) electrons. The summed E-state index contributed by atoms with van der Waals surface area (Å²) in [5.41, 5.74) is 6.93. The third-order valence-corrected chi connectivity index (χ3v) is 2.78. The Kier molecular flexibility index (Phi) is 6.92. The smallest absolute Gasteiger partial charge is 0.337 e. The molecular weight excluding hydrogens is 244 g/mol. The van der Waals surface area contributed by atoms with Crippen LogP contribution in [-0.4, -0.2) is 39.4 Å². The fourth-order valence-electron chi connectivity index (χ4n) is 1.85. The monoisotopic (exact) mass is 266 g/mol. The Morgan fingerprint density at radius 2 is 2.21 bits per heavy atom. The van der Waals surface area contributed by atoms with Gasteiger partial charge in [-0.25, -0.2) is 4.79 Å². The molecule has 106 valence electrons. The second-order valence-corrected chi connectivity index (χ2v) is 4.30. The normalized spacial score (nSPS) is 11.9. The molecule has 5 nitrogen and oxygen atoms in total. The van der Waals surface area contributed by atoms with Gasteiger partial charge in [-0.2, -0.15) is 0 Å². The average molecular weight is 266 g/mol. The lowest BCUT2D eigenvalue weighted by Crippen LogP contribution is -2.26. The highest BCUT2D eigenvalue weighted by molar-refractivity contribution is 5.90. The molecule has 0 saturated heterocycles. The predicted molar refractivity (Wildman–Crippen MR) is 75.4 cm³/mol. The summed E-state index contributed by atoms with van der Waals surface area (Å²) in [6, 6.07) is 7.42. The Morgan fingerprint density at radius 1 is 1.42 bits per heavy atom. The maximum absolute atomic E-state index is 11.5. The van der Waals surface area contributed by atoms with Crippen molar-refractivity contribution in [2.45, 2.75) is 18.9 Å². The third kappa shape index (κ3) is 5.28. The Labute approximate surface area is 114 Å². The van der Waals surface area contributed by atoms with E-state index in [0.29, 0.717) is 18.7 Å². The van der Waals surface area contributed by atoms with Gasteiger partial charge in [0, 0.05) is 18.8 Å². The Hall–Kier alpha value is -1.59. The Balaban J connectivity index is 2.69. The summed E-state index contributed by atoms with van der Waals surface area (Å²) in [7, 11) is 3.04. The number of nitrogens with two attached hydrogens (primary N) is 1. The van der Waals surface area contributed by atoms with Crippen LogP contribution < -0.4 is 11.1 Å². The van der Waals surface area contributed by atoms with E-state index in [1.165, 1.54) is 7.11 Å².